The molecule has 0 saturated carbocycles. The van der Waals surface area contributed by atoms with Crippen molar-refractivity contribution in [3.8, 4) is 0 Å². The second-order valence-electron chi connectivity index (χ2n) is 6.61. The third-order valence-electron chi connectivity index (χ3n) is 4.46. The molecule has 2 N–H and O–H groups in total. The summed E-state index contributed by atoms with van der Waals surface area (Å²) >= 11 is 0. The fourth-order valence-corrected chi connectivity index (χ4v) is 2.96. The number of hydrogen-bond donors (Lipinski definition) is 2. The lowest BCUT2D eigenvalue weighted by Gasteiger charge is -2.32. The molecule has 1 aliphatic heterocycles. The van der Waals surface area contributed by atoms with Crippen LogP contribution in [0.2, 0.25) is 0 Å². The van der Waals surface area contributed by atoms with E-state index in [0.29, 0.717) is 18.9 Å². The monoisotopic (exact) mass is 371 g/mol. The van der Waals surface area contributed by atoms with Gasteiger partial charge in [0.15, 0.2) is 0 Å². The standard InChI is InChI=1S/C20H25N3O4/c1-15(19(24)21-12-17-8-5-10-26-17)22-20(25)18-14-23(9-11-27-18)13-16-6-3-2-4-7-16/h2-8,10,15,18H,9,11-14H2,1H3,(H,21,24)(H,22,25). The smallest absolute Gasteiger partial charge is 0.251 e. The lowest BCUT2D eigenvalue weighted by molar-refractivity contribution is -0.141. The van der Waals surface area contributed by atoms with Crippen molar-refractivity contribution in [2.75, 3.05) is 19.7 Å². The fourth-order valence-electron chi connectivity index (χ4n) is 2.96. The Kier molecular flexibility index (Phi) is 6.62. The van der Waals surface area contributed by atoms with Crippen LogP contribution in [0.25, 0.3) is 0 Å². The van der Waals surface area contributed by atoms with Gasteiger partial charge in [-0.2, -0.15) is 0 Å². The Bertz CT molecular complexity index is 733. The molecule has 3 rings (SSSR count). The molecule has 1 saturated heterocycles. The fraction of sp³-hybridized carbons (Fsp3) is 0.400. The molecule has 7 nitrogen and oxygen atoms in total. The highest BCUT2D eigenvalue weighted by Crippen LogP contribution is 2.11. The van der Waals surface area contributed by atoms with E-state index in [1.807, 2.05) is 18.2 Å². The molecule has 2 heterocycles. The minimum Gasteiger partial charge on any atom is -0.467 e. The number of morpholine rings is 1. The highest BCUT2D eigenvalue weighted by molar-refractivity contribution is 5.89. The van der Waals surface area contributed by atoms with Crippen LogP contribution in [0.3, 0.4) is 0 Å². The summed E-state index contributed by atoms with van der Waals surface area (Å²) in [6, 6.07) is 13.0. The van der Waals surface area contributed by atoms with E-state index in [0.717, 1.165) is 13.1 Å². The molecule has 0 radical (unpaired) electrons. The minimum absolute atomic E-state index is 0.267. The molecule has 2 atom stereocenters. The maximum Gasteiger partial charge on any atom is 0.251 e. The summed E-state index contributed by atoms with van der Waals surface area (Å²) in [5.74, 6) is 0.124. The maximum atomic E-state index is 12.5. The van der Waals surface area contributed by atoms with Crippen molar-refractivity contribution >= 4 is 11.8 Å². The van der Waals surface area contributed by atoms with Crippen LogP contribution in [0.4, 0.5) is 0 Å². The van der Waals surface area contributed by atoms with Crippen molar-refractivity contribution in [1.82, 2.24) is 15.5 Å². The molecular formula is C20H25N3O4. The van der Waals surface area contributed by atoms with E-state index in [2.05, 4.69) is 27.7 Å². The third kappa shape index (κ3) is 5.67. The van der Waals surface area contributed by atoms with Gasteiger partial charge in [0.1, 0.15) is 17.9 Å². The number of carbonyl (C=O) groups excluding carboxylic acids is 2. The molecule has 0 bridgehead atoms. The second kappa shape index (κ2) is 9.34. The van der Waals surface area contributed by atoms with E-state index in [-0.39, 0.29) is 18.4 Å². The Morgan fingerprint density at radius 2 is 2.04 bits per heavy atom. The SMILES string of the molecule is CC(NC(=O)C1CN(Cc2ccccc2)CCO1)C(=O)NCc1ccco1. The van der Waals surface area contributed by atoms with Crippen LogP contribution in [0.15, 0.2) is 53.1 Å². The van der Waals surface area contributed by atoms with Gasteiger partial charge in [0.2, 0.25) is 5.91 Å². The molecule has 0 spiro atoms. The summed E-state index contributed by atoms with van der Waals surface area (Å²) < 4.78 is 10.8. The lowest BCUT2D eigenvalue weighted by Crippen LogP contribution is -2.53. The highest BCUT2D eigenvalue weighted by atomic mass is 16.5. The second-order valence-corrected chi connectivity index (χ2v) is 6.61. The van der Waals surface area contributed by atoms with Crippen LogP contribution in [-0.4, -0.2) is 48.6 Å². The van der Waals surface area contributed by atoms with Crippen LogP contribution in [0.5, 0.6) is 0 Å². The third-order valence-corrected chi connectivity index (χ3v) is 4.46. The summed E-state index contributed by atoms with van der Waals surface area (Å²) in [6.45, 7) is 4.48. The predicted octanol–water partition coefficient (Wildman–Crippen LogP) is 1.30. The van der Waals surface area contributed by atoms with Crippen LogP contribution >= 0.6 is 0 Å². The zero-order chi connectivity index (χ0) is 19.1. The first kappa shape index (κ1) is 19.1. The molecule has 2 amide bonds. The van der Waals surface area contributed by atoms with Gasteiger partial charge in [-0.25, -0.2) is 0 Å². The van der Waals surface area contributed by atoms with Crippen molar-refractivity contribution in [3.05, 3.63) is 60.1 Å². The molecule has 27 heavy (non-hydrogen) atoms. The van der Waals surface area contributed by atoms with Gasteiger partial charge < -0.3 is 19.8 Å². The van der Waals surface area contributed by atoms with E-state index in [1.165, 1.54) is 5.56 Å². The van der Waals surface area contributed by atoms with Crippen LogP contribution < -0.4 is 10.6 Å². The lowest BCUT2D eigenvalue weighted by atomic mass is 10.1. The van der Waals surface area contributed by atoms with Crippen molar-refractivity contribution in [1.29, 1.82) is 0 Å². The molecule has 144 valence electrons. The Morgan fingerprint density at radius 3 is 2.78 bits per heavy atom. The molecule has 0 aliphatic carbocycles. The summed E-state index contributed by atoms with van der Waals surface area (Å²) in [5, 5.41) is 5.47. The van der Waals surface area contributed by atoms with Gasteiger partial charge in [-0.1, -0.05) is 30.3 Å². The van der Waals surface area contributed by atoms with Gasteiger partial charge in [0.05, 0.1) is 19.4 Å². The normalized spacial score (nSPS) is 18.6. The van der Waals surface area contributed by atoms with Crippen LogP contribution in [0, 0.1) is 0 Å². The summed E-state index contributed by atoms with van der Waals surface area (Å²) in [6.07, 6.45) is 0.969. The topological polar surface area (TPSA) is 83.8 Å². The van der Waals surface area contributed by atoms with Crippen LogP contribution in [-0.2, 0) is 27.4 Å². The van der Waals surface area contributed by atoms with Crippen molar-refractivity contribution in [2.45, 2.75) is 32.2 Å². The quantitative estimate of drug-likeness (QED) is 0.767. The van der Waals surface area contributed by atoms with Gasteiger partial charge in [0.25, 0.3) is 5.91 Å². The maximum absolute atomic E-state index is 12.5. The Balaban J connectivity index is 1.45. The zero-order valence-electron chi connectivity index (χ0n) is 15.4. The predicted molar refractivity (Wildman–Crippen MR) is 99.6 cm³/mol. The van der Waals surface area contributed by atoms with E-state index in [9.17, 15) is 9.59 Å². The minimum atomic E-state index is -0.652. The number of benzene rings is 1. The number of carbonyl (C=O) groups is 2. The number of furan rings is 1. The van der Waals surface area contributed by atoms with Crippen molar-refractivity contribution in [2.24, 2.45) is 0 Å². The summed E-state index contributed by atoms with van der Waals surface area (Å²) in [7, 11) is 0. The Morgan fingerprint density at radius 1 is 1.22 bits per heavy atom. The van der Waals surface area contributed by atoms with Gasteiger partial charge in [-0.05, 0) is 24.6 Å². The molecule has 2 aromatic rings. The van der Waals surface area contributed by atoms with Gasteiger partial charge in [-0.3, -0.25) is 14.5 Å². The average Bonchev–Trinajstić information content (AvgIpc) is 3.20. The number of nitrogens with zero attached hydrogens (tertiary/aromatic N) is 1. The van der Waals surface area contributed by atoms with Crippen molar-refractivity contribution in [3.63, 3.8) is 0 Å². The number of rotatable bonds is 7. The highest BCUT2D eigenvalue weighted by Gasteiger charge is 2.28. The number of amides is 2. The first-order valence-corrected chi connectivity index (χ1v) is 9.10. The molecule has 7 heteroatoms. The first-order valence-electron chi connectivity index (χ1n) is 9.10. The van der Waals surface area contributed by atoms with Gasteiger partial charge in [-0.15, -0.1) is 0 Å². The summed E-state index contributed by atoms with van der Waals surface area (Å²) in [4.78, 5) is 26.8. The largest absolute Gasteiger partial charge is 0.467 e. The Labute approximate surface area is 158 Å². The van der Waals surface area contributed by atoms with Crippen molar-refractivity contribution < 1.29 is 18.7 Å². The average molecular weight is 371 g/mol. The molecule has 2 unspecified atom stereocenters. The number of ether oxygens (including phenoxy) is 1. The molecule has 1 aromatic carbocycles. The Hall–Kier alpha value is -2.64. The molecule has 1 aliphatic rings. The number of hydrogen-bond acceptors (Lipinski definition) is 5. The molecule has 1 aromatic heterocycles. The first-order chi connectivity index (χ1) is 13.1. The van der Waals surface area contributed by atoms with E-state index in [1.54, 1.807) is 25.3 Å². The van der Waals surface area contributed by atoms with Crippen LogP contribution in [0.1, 0.15) is 18.2 Å². The zero-order valence-corrected chi connectivity index (χ0v) is 15.4. The summed E-state index contributed by atoms with van der Waals surface area (Å²) in [5.41, 5.74) is 1.20. The van der Waals surface area contributed by atoms with E-state index < -0.39 is 12.1 Å². The molecule has 1 fully saturated rings. The van der Waals surface area contributed by atoms with E-state index in [4.69, 9.17) is 9.15 Å². The number of nitrogens with one attached hydrogen (secondary N) is 2. The van der Waals surface area contributed by atoms with Gasteiger partial charge >= 0.3 is 0 Å². The van der Waals surface area contributed by atoms with Gasteiger partial charge in [0, 0.05) is 19.6 Å². The molecular weight excluding hydrogens is 346 g/mol. The van der Waals surface area contributed by atoms with E-state index >= 15 is 0 Å².